The van der Waals surface area contributed by atoms with Crippen LogP contribution in [0.4, 0.5) is 11.4 Å². The Kier molecular flexibility index (Phi) is 5.96. The number of amides is 2. The molecule has 0 aliphatic carbocycles. The van der Waals surface area contributed by atoms with E-state index >= 15 is 0 Å². The van der Waals surface area contributed by atoms with E-state index in [0.717, 1.165) is 29.8 Å². The number of anilines is 2. The van der Waals surface area contributed by atoms with Crippen molar-refractivity contribution >= 4 is 23.2 Å². The number of benzene rings is 2. The van der Waals surface area contributed by atoms with Crippen LogP contribution in [0.2, 0.25) is 0 Å². The van der Waals surface area contributed by atoms with Crippen molar-refractivity contribution in [3.63, 3.8) is 0 Å². The predicted molar refractivity (Wildman–Crippen MR) is 105 cm³/mol. The number of nitrogens with zero attached hydrogens (tertiary/aromatic N) is 1. The van der Waals surface area contributed by atoms with Crippen LogP contribution in [0.15, 0.2) is 42.5 Å². The van der Waals surface area contributed by atoms with E-state index in [4.69, 9.17) is 9.47 Å². The minimum absolute atomic E-state index is 0.0325. The molecule has 0 bridgehead atoms. The molecule has 0 saturated carbocycles. The van der Waals surface area contributed by atoms with Crippen molar-refractivity contribution in [3.05, 3.63) is 48.0 Å². The van der Waals surface area contributed by atoms with Crippen molar-refractivity contribution in [2.75, 3.05) is 30.0 Å². The highest BCUT2D eigenvalue weighted by molar-refractivity contribution is 5.95. The van der Waals surface area contributed by atoms with Crippen LogP contribution in [0, 0.1) is 0 Å². The van der Waals surface area contributed by atoms with Gasteiger partial charge in [-0.15, -0.1) is 0 Å². The quantitative estimate of drug-likeness (QED) is 0.813. The summed E-state index contributed by atoms with van der Waals surface area (Å²) in [5.74, 6) is 1.19. The SMILES string of the molecule is CCCOc1ccc(OCC(=O)Nc2ccc3c(c2)CCN3C(C)=O)cc1. The van der Waals surface area contributed by atoms with E-state index in [1.807, 2.05) is 24.3 Å². The van der Waals surface area contributed by atoms with Crippen molar-refractivity contribution < 1.29 is 19.1 Å². The van der Waals surface area contributed by atoms with E-state index in [2.05, 4.69) is 12.2 Å². The van der Waals surface area contributed by atoms with Gasteiger partial charge in [0.1, 0.15) is 11.5 Å². The summed E-state index contributed by atoms with van der Waals surface area (Å²) in [6.07, 6.45) is 1.75. The summed E-state index contributed by atoms with van der Waals surface area (Å²) in [7, 11) is 0. The zero-order valence-electron chi connectivity index (χ0n) is 15.7. The molecule has 2 aromatic carbocycles. The number of carbonyl (C=O) groups excluding carboxylic acids is 2. The summed E-state index contributed by atoms with van der Waals surface area (Å²) in [5, 5.41) is 2.83. The average molecular weight is 368 g/mol. The first-order valence-electron chi connectivity index (χ1n) is 9.13. The van der Waals surface area contributed by atoms with Crippen LogP contribution >= 0.6 is 0 Å². The molecule has 1 aliphatic rings. The maximum absolute atomic E-state index is 12.1. The van der Waals surface area contributed by atoms with Gasteiger partial charge in [0.25, 0.3) is 5.91 Å². The van der Waals surface area contributed by atoms with Crippen LogP contribution in [0.1, 0.15) is 25.8 Å². The number of carbonyl (C=O) groups is 2. The minimum atomic E-state index is -0.234. The van der Waals surface area contributed by atoms with Gasteiger partial charge in [-0.05, 0) is 60.9 Å². The first-order chi connectivity index (χ1) is 13.1. The first kappa shape index (κ1) is 18.8. The van der Waals surface area contributed by atoms with Crippen LogP contribution in [0.25, 0.3) is 0 Å². The molecule has 1 aliphatic heterocycles. The third kappa shape index (κ3) is 4.78. The highest BCUT2D eigenvalue weighted by atomic mass is 16.5. The molecule has 6 heteroatoms. The molecule has 3 rings (SSSR count). The molecule has 142 valence electrons. The molecule has 0 unspecified atom stereocenters. The van der Waals surface area contributed by atoms with Crippen LogP contribution in [0.5, 0.6) is 11.5 Å². The van der Waals surface area contributed by atoms with Gasteiger partial charge >= 0.3 is 0 Å². The van der Waals surface area contributed by atoms with E-state index in [1.54, 1.807) is 30.0 Å². The Labute approximate surface area is 159 Å². The Balaban J connectivity index is 1.52. The van der Waals surface area contributed by atoms with E-state index in [-0.39, 0.29) is 18.4 Å². The second-order valence-electron chi connectivity index (χ2n) is 6.42. The molecule has 1 N–H and O–H groups in total. The standard InChI is InChI=1S/C21H24N2O4/c1-3-12-26-18-5-7-19(8-6-18)27-14-21(25)22-17-4-9-20-16(13-17)10-11-23(20)15(2)24/h4-9,13H,3,10-12,14H2,1-2H3,(H,22,25). The number of hydrogen-bond donors (Lipinski definition) is 1. The van der Waals surface area contributed by atoms with Crippen LogP contribution < -0.4 is 19.7 Å². The fourth-order valence-corrected chi connectivity index (χ4v) is 3.00. The summed E-state index contributed by atoms with van der Waals surface area (Å²) < 4.78 is 11.0. The molecule has 0 saturated heterocycles. The van der Waals surface area contributed by atoms with Gasteiger partial charge in [0, 0.05) is 24.8 Å². The maximum atomic E-state index is 12.1. The summed E-state index contributed by atoms with van der Waals surface area (Å²) in [6, 6.07) is 12.8. The van der Waals surface area contributed by atoms with E-state index in [9.17, 15) is 9.59 Å². The summed E-state index contributed by atoms with van der Waals surface area (Å²) in [6.45, 7) is 4.89. The smallest absolute Gasteiger partial charge is 0.262 e. The van der Waals surface area contributed by atoms with E-state index in [1.165, 1.54) is 0 Å². The van der Waals surface area contributed by atoms with Gasteiger partial charge in [-0.25, -0.2) is 0 Å². The predicted octanol–water partition coefficient (Wildman–Crippen LogP) is 3.40. The van der Waals surface area contributed by atoms with E-state index < -0.39 is 0 Å². The second kappa shape index (κ2) is 8.58. The Hall–Kier alpha value is -3.02. The molecular weight excluding hydrogens is 344 g/mol. The van der Waals surface area contributed by atoms with Crippen molar-refractivity contribution in [2.24, 2.45) is 0 Å². The molecular formula is C21H24N2O4. The molecule has 0 fully saturated rings. The largest absolute Gasteiger partial charge is 0.494 e. The van der Waals surface area contributed by atoms with Crippen molar-refractivity contribution in [3.8, 4) is 11.5 Å². The lowest BCUT2D eigenvalue weighted by atomic mass is 10.1. The third-order valence-electron chi connectivity index (χ3n) is 4.31. The Bertz CT molecular complexity index is 817. The minimum Gasteiger partial charge on any atom is -0.494 e. The molecule has 0 spiro atoms. The molecule has 0 atom stereocenters. The second-order valence-corrected chi connectivity index (χ2v) is 6.42. The lowest BCUT2D eigenvalue weighted by Gasteiger charge is -2.15. The Morgan fingerprint density at radius 2 is 1.78 bits per heavy atom. The highest BCUT2D eigenvalue weighted by Crippen LogP contribution is 2.30. The van der Waals surface area contributed by atoms with Crippen LogP contribution in [-0.4, -0.2) is 31.6 Å². The van der Waals surface area contributed by atoms with Crippen molar-refractivity contribution in [1.29, 1.82) is 0 Å². The zero-order valence-corrected chi connectivity index (χ0v) is 15.7. The lowest BCUT2D eigenvalue weighted by molar-refractivity contribution is -0.118. The summed E-state index contributed by atoms with van der Waals surface area (Å²) in [5.41, 5.74) is 2.68. The summed E-state index contributed by atoms with van der Waals surface area (Å²) in [4.78, 5) is 25.5. The number of nitrogens with one attached hydrogen (secondary N) is 1. The number of hydrogen-bond acceptors (Lipinski definition) is 4. The number of rotatable bonds is 7. The molecule has 27 heavy (non-hydrogen) atoms. The molecule has 2 aromatic rings. The average Bonchev–Trinajstić information content (AvgIpc) is 3.09. The van der Waals surface area contributed by atoms with Gasteiger partial charge in [0.2, 0.25) is 5.91 Å². The normalized spacial score (nSPS) is 12.4. The van der Waals surface area contributed by atoms with E-state index in [0.29, 0.717) is 24.6 Å². The van der Waals surface area contributed by atoms with Gasteiger partial charge in [-0.1, -0.05) is 6.92 Å². The monoisotopic (exact) mass is 368 g/mol. The van der Waals surface area contributed by atoms with Crippen LogP contribution in [-0.2, 0) is 16.0 Å². The summed E-state index contributed by atoms with van der Waals surface area (Å²) >= 11 is 0. The van der Waals surface area contributed by atoms with Gasteiger partial charge in [-0.2, -0.15) is 0 Å². The number of ether oxygens (including phenoxy) is 2. The number of fused-ring (bicyclic) bond motifs is 1. The first-order valence-corrected chi connectivity index (χ1v) is 9.13. The highest BCUT2D eigenvalue weighted by Gasteiger charge is 2.22. The lowest BCUT2D eigenvalue weighted by Crippen LogP contribution is -2.25. The molecule has 2 amide bonds. The topological polar surface area (TPSA) is 67.9 Å². The van der Waals surface area contributed by atoms with Gasteiger partial charge in [0.05, 0.1) is 6.61 Å². The van der Waals surface area contributed by atoms with Crippen molar-refractivity contribution in [1.82, 2.24) is 0 Å². The fourth-order valence-electron chi connectivity index (χ4n) is 3.00. The maximum Gasteiger partial charge on any atom is 0.262 e. The molecule has 0 radical (unpaired) electrons. The molecule has 1 heterocycles. The third-order valence-corrected chi connectivity index (χ3v) is 4.31. The van der Waals surface area contributed by atoms with Gasteiger partial charge in [-0.3, -0.25) is 9.59 Å². The Morgan fingerprint density at radius 1 is 1.07 bits per heavy atom. The van der Waals surface area contributed by atoms with Gasteiger partial charge in [0.15, 0.2) is 6.61 Å². The van der Waals surface area contributed by atoms with Crippen LogP contribution in [0.3, 0.4) is 0 Å². The fraction of sp³-hybridized carbons (Fsp3) is 0.333. The molecule has 0 aromatic heterocycles. The van der Waals surface area contributed by atoms with Crippen molar-refractivity contribution in [2.45, 2.75) is 26.7 Å². The molecule has 6 nitrogen and oxygen atoms in total. The van der Waals surface area contributed by atoms with Gasteiger partial charge < -0.3 is 19.7 Å². The zero-order chi connectivity index (χ0) is 19.2. The Morgan fingerprint density at radius 3 is 2.44 bits per heavy atom.